The van der Waals surface area contributed by atoms with E-state index >= 15 is 0 Å². The van der Waals surface area contributed by atoms with Gasteiger partial charge in [0.15, 0.2) is 0 Å². The van der Waals surface area contributed by atoms with Crippen LogP contribution in [0.2, 0.25) is 0 Å². The molecule has 0 radical (unpaired) electrons. The Kier molecular flexibility index (Phi) is 4.97. The van der Waals surface area contributed by atoms with Crippen LogP contribution < -0.4 is 5.32 Å². The van der Waals surface area contributed by atoms with Crippen LogP contribution in [0.4, 0.5) is 0 Å². The molecule has 2 aliphatic rings. The molecule has 0 aromatic heterocycles. The highest BCUT2D eigenvalue weighted by Crippen LogP contribution is 2.61. The van der Waals surface area contributed by atoms with Gasteiger partial charge in [-0.25, -0.2) is 0 Å². The summed E-state index contributed by atoms with van der Waals surface area (Å²) in [6.07, 6.45) is 4.94. The van der Waals surface area contributed by atoms with Gasteiger partial charge < -0.3 is 10.1 Å². The number of nitrogens with one attached hydrogen (secondary N) is 1. The normalized spacial score (nSPS) is 27.8. The van der Waals surface area contributed by atoms with Gasteiger partial charge in [0.05, 0.1) is 6.61 Å². The zero-order chi connectivity index (χ0) is 14.7. The first kappa shape index (κ1) is 15.1. The molecule has 0 amide bonds. The highest BCUT2D eigenvalue weighted by Gasteiger charge is 2.56. The van der Waals surface area contributed by atoms with Gasteiger partial charge in [0.25, 0.3) is 0 Å². The summed E-state index contributed by atoms with van der Waals surface area (Å²) in [5.41, 5.74) is 3.21. The summed E-state index contributed by atoms with van der Waals surface area (Å²) < 4.78 is 5.87. The fraction of sp³-hybridized carbons (Fsp3) is 0.684. The Morgan fingerprint density at radius 1 is 1.24 bits per heavy atom. The van der Waals surface area contributed by atoms with Gasteiger partial charge in [-0.1, -0.05) is 38.1 Å². The van der Waals surface area contributed by atoms with Crippen molar-refractivity contribution in [1.29, 1.82) is 0 Å². The summed E-state index contributed by atoms with van der Waals surface area (Å²) in [7, 11) is 0. The summed E-state index contributed by atoms with van der Waals surface area (Å²) in [5, 5.41) is 3.75. The standard InChI is InChI=1S/C19H29NO/c1-3-11-20-17(13-21-12-4-2)19-16-10-9-14-7-5-6-8-15(14)18(16)19/h5-8,16-20H,3-4,9-13H2,1-2H3. The minimum absolute atomic E-state index is 0.539. The molecule has 0 saturated heterocycles. The summed E-state index contributed by atoms with van der Waals surface area (Å²) >= 11 is 0. The molecule has 1 aromatic rings. The zero-order valence-electron chi connectivity index (χ0n) is 13.5. The van der Waals surface area contributed by atoms with E-state index < -0.39 is 0 Å². The Hall–Kier alpha value is -0.860. The maximum Gasteiger partial charge on any atom is 0.0622 e. The minimum atomic E-state index is 0.539. The zero-order valence-corrected chi connectivity index (χ0v) is 13.5. The van der Waals surface area contributed by atoms with Crippen LogP contribution >= 0.6 is 0 Å². The molecule has 0 heterocycles. The number of ether oxygens (including phenoxy) is 1. The van der Waals surface area contributed by atoms with Gasteiger partial charge in [0, 0.05) is 12.6 Å². The molecule has 2 aliphatic carbocycles. The second kappa shape index (κ2) is 6.93. The molecular formula is C19H29NO. The van der Waals surface area contributed by atoms with Crippen molar-refractivity contribution < 1.29 is 4.74 Å². The van der Waals surface area contributed by atoms with E-state index in [-0.39, 0.29) is 0 Å². The van der Waals surface area contributed by atoms with Crippen LogP contribution in [0.3, 0.4) is 0 Å². The van der Waals surface area contributed by atoms with Crippen LogP contribution in [0.25, 0.3) is 0 Å². The quantitative estimate of drug-likeness (QED) is 0.735. The number of hydrogen-bond acceptors (Lipinski definition) is 2. The largest absolute Gasteiger partial charge is 0.380 e. The molecule has 21 heavy (non-hydrogen) atoms. The van der Waals surface area contributed by atoms with Gasteiger partial charge in [-0.15, -0.1) is 0 Å². The summed E-state index contributed by atoms with van der Waals surface area (Å²) in [6, 6.07) is 9.61. The average Bonchev–Trinajstić information content (AvgIpc) is 3.26. The smallest absolute Gasteiger partial charge is 0.0622 e. The van der Waals surface area contributed by atoms with Gasteiger partial charge in [0.1, 0.15) is 0 Å². The van der Waals surface area contributed by atoms with Gasteiger partial charge in [0.2, 0.25) is 0 Å². The molecule has 0 aliphatic heterocycles. The molecule has 3 rings (SSSR count). The van der Waals surface area contributed by atoms with E-state index in [4.69, 9.17) is 4.74 Å². The SMILES string of the molecule is CCCNC(COCCC)C1C2CCc3ccccc3C21. The maximum atomic E-state index is 5.87. The molecule has 0 bridgehead atoms. The van der Waals surface area contributed by atoms with Crippen molar-refractivity contribution in [3.8, 4) is 0 Å². The number of benzene rings is 1. The molecule has 2 nitrogen and oxygen atoms in total. The predicted molar refractivity (Wildman–Crippen MR) is 87.7 cm³/mol. The van der Waals surface area contributed by atoms with Gasteiger partial charge in [-0.05, 0) is 61.1 Å². The highest BCUT2D eigenvalue weighted by atomic mass is 16.5. The van der Waals surface area contributed by atoms with Crippen molar-refractivity contribution in [1.82, 2.24) is 5.32 Å². The van der Waals surface area contributed by atoms with Crippen LogP contribution in [-0.4, -0.2) is 25.8 Å². The van der Waals surface area contributed by atoms with E-state index in [2.05, 4.69) is 43.4 Å². The fourth-order valence-corrected chi connectivity index (χ4v) is 4.16. The molecule has 1 saturated carbocycles. The first-order valence-corrected chi connectivity index (χ1v) is 8.75. The molecule has 0 spiro atoms. The van der Waals surface area contributed by atoms with E-state index in [0.717, 1.165) is 43.9 Å². The van der Waals surface area contributed by atoms with Gasteiger partial charge in [-0.2, -0.15) is 0 Å². The van der Waals surface area contributed by atoms with Crippen molar-refractivity contribution in [2.45, 2.75) is 51.5 Å². The number of rotatable bonds is 8. The third kappa shape index (κ3) is 3.17. The van der Waals surface area contributed by atoms with Crippen LogP contribution in [-0.2, 0) is 11.2 Å². The van der Waals surface area contributed by atoms with Crippen molar-refractivity contribution in [2.24, 2.45) is 11.8 Å². The van der Waals surface area contributed by atoms with E-state index in [1.165, 1.54) is 19.3 Å². The van der Waals surface area contributed by atoms with Crippen molar-refractivity contribution >= 4 is 0 Å². The highest BCUT2D eigenvalue weighted by molar-refractivity contribution is 5.40. The van der Waals surface area contributed by atoms with Crippen LogP contribution in [0.1, 0.15) is 50.2 Å². The Morgan fingerprint density at radius 3 is 2.90 bits per heavy atom. The maximum absolute atomic E-state index is 5.87. The number of aryl methyl sites for hydroxylation is 1. The molecule has 2 heteroatoms. The third-order valence-corrected chi connectivity index (χ3v) is 5.16. The van der Waals surface area contributed by atoms with Crippen LogP contribution in [0, 0.1) is 11.8 Å². The molecule has 116 valence electrons. The number of hydrogen-bond donors (Lipinski definition) is 1. The lowest BCUT2D eigenvalue weighted by atomic mass is 9.92. The van der Waals surface area contributed by atoms with E-state index in [1.807, 2.05) is 0 Å². The minimum Gasteiger partial charge on any atom is -0.380 e. The first-order valence-electron chi connectivity index (χ1n) is 8.75. The van der Waals surface area contributed by atoms with E-state index in [1.54, 1.807) is 11.1 Å². The van der Waals surface area contributed by atoms with Crippen molar-refractivity contribution in [3.05, 3.63) is 35.4 Å². The van der Waals surface area contributed by atoms with Crippen LogP contribution in [0.5, 0.6) is 0 Å². The second-order valence-corrected chi connectivity index (χ2v) is 6.64. The fourth-order valence-electron chi connectivity index (χ4n) is 4.16. The van der Waals surface area contributed by atoms with Crippen molar-refractivity contribution in [3.63, 3.8) is 0 Å². The Balaban J connectivity index is 1.67. The summed E-state index contributed by atoms with van der Waals surface area (Å²) in [5.74, 6) is 2.46. The molecular weight excluding hydrogens is 258 g/mol. The van der Waals surface area contributed by atoms with Crippen LogP contribution in [0.15, 0.2) is 24.3 Å². The Bertz CT molecular complexity index is 459. The lowest BCUT2D eigenvalue weighted by molar-refractivity contribution is 0.103. The lowest BCUT2D eigenvalue weighted by Gasteiger charge is -2.19. The van der Waals surface area contributed by atoms with Gasteiger partial charge >= 0.3 is 0 Å². The monoisotopic (exact) mass is 287 g/mol. The first-order chi connectivity index (χ1) is 10.4. The third-order valence-electron chi connectivity index (χ3n) is 5.16. The Morgan fingerprint density at radius 2 is 2.10 bits per heavy atom. The molecule has 1 aromatic carbocycles. The number of fused-ring (bicyclic) bond motifs is 3. The topological polar surface area (TPSA) is 21.3 Å². The van der Waals surface area contributed by atoms with E-state index in [9.17, 15) is 0 Å². The van der Waals surface area contributed by atoms with E-state index in [0.29, 0.717) is 6.04 Å². The second-order valence-electron chi connectivity index (χ2n) is 6.64. The Labute approximate surface area is 129 Å². The van der Waals surface area contributed by atoms with Gasteiger partial charge in [-0.3, -0.25) is 0 Å². The lowest BCUT2D eigenvalue weighted by Crippen LogP contribution is -2.37. The molecule has 1 N–H and O–H groups in total. The average molecular weight is 287 g/mol. The molecule has 4 unspecified atom stereocenters. The summed E-state index contributed by atoms with van der Waals surface area (Å²) in [6.45, 7) is 7.31. The van der Waals surface area contributed by atoms with Crippen molar-refractivity contribution in [2.75, 3.05) is 19.8 Å². The predicted octanol–water partition coefficient (Wildman–Crippen LogP) is 3.76. The molecule has 4 atom stereocenters. The molecule has 1 fully saturated rings. The summed E-state index contributed by atoms with van der Waals surface area (Å²) in [4.78, 5) is 0.